The zero-order valence-electron chi connectivity index (χ0n) is 15.4. The smallest absolute Gasteiger partial charge is 0.266 e. The standard InChI is InChI=1S/C18H19N9O/c1-24-17(28)6-5-15(22-24)25-11-7-13(8-12-25)18-21-20-14-3-4-16(23-27(14)18)26-10-2-9-19-26/h2-6,9-10,13H,7-8,11-12H2,1H3. The summed E-state index contributed by atoms with van der Waals surface area (Å²) >= 11 is 0. The van der Waals surface area contributed by atoms with Gasteiger partial charge in [0.1, 0.15) is 5.82 Å². The average molecular weight is 377 g/mol. The van der Waals surface area contributed by atoms with Crippen molar-refractivity contribution in [1.29, 1.82) is 0 Å². The Hall–Kier alpha value is -3.56. The SMILES string of the molecule is Cn1nc(N2CCC(c3nnc4ccc(-n5cccn5)nn34)CC2)ccc1=O. The van der Waals surface area contributed by atoms with E-state index in [1.165, 1.54) is 4.68 Å². The fourth-order valence-electron chi connectivity index (χ4n) is 3.60. The highest BCUT2D eigenvalue weighted by Gasteiger charge is 2.26. The van der Waals surface area contributed by atoms with Crippen LogP contribution in [-0.2, 0) is 7.05 Å². The van der Waals surface area contributed by atoms with Crippen molar-refractivity contribution in [3.05, 3.63) is 58.9 Å². The van der Waals surface area contributed by atoms with Crippen LogP contribution in [0.25, 0.3) is 11.5 Å². The molecule has 0 atom stereocenters. The summed E-state index contributed by atoms with van der Waals surface area (Å²) in [5.41, 5.74) is 0.626. The Morgan fingerprint density at radius 3 is 2.57 bits per heavy atom. The third-order valence-electron chi connectivity index (χ3n) is 5.14. The molecule has 0 amide bonds. The van der Waals surface area contributed by atoms with Gasteiger partial charge in [0.05, 0.1) is 0 Å². The number of hydrogen-bond acceptors (Lipinski definition) is 7. The van der Waals surface area contributed by atoms with Crippen LogP contribution >= 0.6 is 0 Å². The van der Waals surface area contributed by atoms with Crippen LogP contribution in [0.1, 0.15) is 24.6 Å². The van der Waals surface area contributed by atoms with Crippen molar-refractivity contribution in [2.75, 3.05) is 18.0 Å². The summed E-state index contributed by atoms with van der Waals surface area (Å²) in [4.78, 5) is 13.7. The van der Waals surface area contributed by atoms with E-state index in [2.05, 4.69) is 30.4 Å². The molecule has 1 aliphatic heterocycles. The van der Waals surface area contributed by atoms with Crippen LogP contribution in [0.15, 0.2) is 47.5 Å². The lowest BCUT2D eigenvalue weighted by Crippen LogP contribution is -2.35. The molecule has 1 saturated heterocycles. The Kier molecular flexibility index (Phi) is 3.89. The Labute approximate surface area is 160 Å². The minimum absolute atomic E-state index is 0.104. The highest BCUT2D eigenvalue weighted by atomic mass is 16.1. The maximum absolute atomic E-state index is 11.5. The largest absolute Gasteiger partial charge is 0.355 e. The van der Waals surface area contributed by atoms with Crippen molar-refractivity contribution in [3.63, 3.8) is 0 Å². The lowest BCUT2D eigenvalue weighted by molar-refractivity contribution is 0.471. The molecule has 0 bridgehead atoms. The van der Waals surface area contributed by atoms with Crippen molar-refractivity contribution in [2.45, 2.75) is 18.8 Å². The van der Waals surface area contributed by atoms with Gasteiger partial charge in [-0.1, -0.05) is 0 Å². The monoisotopic (exact) mass is 377 g/mol. The molecular formula is C18H19N9O. The van der Waals surface area contributed by atoms with Gasteiger partial charge in [0.15, 0.2) is 17.3 Å². The molecule has 4 aromatic heterocycles. The number of rotatable bonds is 3. The number of aryl methyl sites for hydroxylation is 1. The van der Waals surface area contributed by atoms with Crippen LogP contribution in [0, 0.1) is 0 Å². The fourth-order valence-corrected chi connectivity index (χ4v) is 3.60. The first-order valence-electron chi connectivity index (χ1n) is 9.21. The predicted octanol–water partition coefficient (Wildman–Crippen LogP) is 0.788. The van der Waals surface area contributed by atoms with Crippen molar-refractivity contribution in [3.8, 4) is 5.82 Å². The maximum Gasteiger partial charge on any atom is 0.266 e. The van der Waals surface area contributed by atoms with Gasteiger partial charge in [0, 0.05) is 44.5 Å². The molecule has 1 fully saturated rings. The Morgan fingerprint density at radius 2 is 1.82 bits per heavy atom. The molecule has 0 radical (unpaired) electrons. The van der Waals surface area contributed by atoms with E-state index in [4.69, 9.17) is 0 Å². The van der Waals surface area contributed by atoms with Crippen LogP contribution in [0.3, 0.4) is 0 Å². The first-order chi connectivity index (χ1) is 13.7. The summed E-state index contributed by atoms with van der Waals surface area (Å²) in [6.45, 7) is 1.67. The zero-order chi connectivity index (χ0) is 19.1. The van der Waals surface area contributed by atoms with Gasteiger partial charge in [-0.05, 0) is 37.1 Å². The van der Waals surface area contributed by atoms with Gasteiger partial charge in [-0.15, -0.1) is 15.3 Å². The van der Waals surface area contributed by atoms with Crippen LogP contribution in [0.4, 0.5) is 5.82 Å². The van der Waals surface area contributed by atoms with Gasteiger partial charge in [-0.3, -0.25) is 4.79 Å². The number of piperidine rings is 1. The van der Waals surface area contributed by atoms with E-state index in [1.807, 2.05) is 28.9 Å². The van der Waals surface area contributed by atoms with E-state index in [9.17, 15) is 4.79 Å². The molecule has 5 heterocycles. The maximum atomic E-state index is 11.5. The molecule has 0 unspecified atom stereocenters. The second kappa shape index (κ2) is 6.55. The van der Waals surface area contributed by atoms with E-state index in [-0.39, 0.29) is 11.5 Å². The fraction of sp³-hybridized carbons (Fsp3) is 0.333. The number of anilines is 1. The lowest BCUT2D eigenvalue weighted by atomic mass is 9.96. The van der Waals surface area contributed by atoms with Crippen LogP contribution < -0.4 is 10.5 Å². The zero-order valence-corrected chi connectivity index (χ0v) is 15.4. The molecule has 0 aliphatic carbocycles. The first-order valence-corrected chi connectivity index (χ1v) is 9.21. The van der Waals surface area contributed by atoms with Gasteiger partial charge in [0.25, 0.3) is 5.56 Å². The van der Waals surface area contributed by atoms with Gasteiger partial charge in [0.2, 0.25) is 0 Å². The number of hydrogen-bond donors (Lipinski definition) is 0. The summed E-state index contributed by atoms with van der Waals surface area (Å²) in [5.74, 6) is 2.69. The minimum atomic E-state index is -0.104. The van der Waals surface area contributed by atoms with Crippen molar-refractivity contribution < 1.29 is 0 Å². The predicted molar refractivity (Wildman–Crippen MR) is 102 cm³/mol. The van der Waals surface area contributed by atoms with E-state index in [0.29, 0.717) is 0 Å². The highest BCUT2D eigenvalue weighted by Crippen LogP contribution is 2.28. The molecule has 5 rings (SSSR count). The van der Waals surface area contributed by atoms with Gasteiger partial charge >= 0.3 is 0 Å². The molecule has 1 aliphatic rings. The Morgan fingerprint density at radius 1 is 1.00 bits per heavy atom. The van der Waals surface area contributed by atoms with E-state index in [0.717, 1.165) is 49.0 Å². The van der Waals surface area contributed by atoms with Crippen molar-refractivity contribution >= 4 is 11.5 Å². The molecule has 0 N–H and O–H groups in total. The van der Waals surface area contributed by atoms with E-state index >= 15 is 0 Å². The molecule has 0 aromatic carbocycles. The van der Waals surface area contributed by atoms with Crippen LogP contribution in [-0.4, -0.2) is 52.5 Å². The first kappa shape index (κ1) is 16.6. The molecule has 142 valence electrons. The highest BCUT2D eigenvalue weighted by molar-refractivity contribution is 5.41. The van der Waals surface area contributed by atoms with Gasteiger partial charge in [-0.2, -0.15) is 14.7 Å². The summed E-state index contributed by atoms with van der Waals surface area (Å²) < 4.78 is 4.91. The number of fused-ring (bicyclic) bond motifs is 1. The summed E-state index contributed by atoms with van der Waals surface area (Å²) in [5, 5.41) is 21.9. The van der Waals surface area contributed by atoms with Crippen LogP contribution in [0.5, 0.6) is 0 Å². The molecular weight excluding hydrogens is 358 g/mol. The Bertz CT molecular complexity index is 1170. The van der Waals surface area contributed by atoms with Gasteiger partial charge < -0.3 is 4.90 Å². The number of aromatic nitrogens is 8. The van der Waals surface area contributed by atoms with Crippen LogP contribution in [0.2, 0.25) is 0 Å². The lowest BCUT2D eigenvalue weighted by Gasteiger charge is -2.31. The third kappa shape index (κ3) is 2.82. The van der Waals surface area contributed by atoms with Crippen molar-refractivity contribution in [2.24, 2.45) is 7.05 Å². The van der Waals surface area contributed by atoms with E-state index in [1.54, 1.807) is 30.1 Å². The summed E-state index contributed by atoms with van der Waals surface area (Å²) in [7, 11) is 1.67. The molecule has 28 heavy (non-hydrogen) atoms. The Balaban J connectivity index is 1.39. The quantitative estimate of drug-likeness (QED) is 0.520. The summed E-state index contributed by atoms with van der Waals surface area (Å²) in [6.07, 6.45) is 5.41. The molecule has 10 heteroatoms. The molecule has 0 spiro atoms. The van der Waals surface area contributed by atoms with Gasteiger partial charge in [-0.25, -0.2) is 9.36 Å². The number of nitrogens with zero attached hydrogens (tertiary/aromatic N) is 9. The van der Waals surface area contributed by atoms with Crippen molar-refractivity contribution in [1.82, 2.24) is 39.4 Å². The molecule has 4 aromatic rings. The molecule has 0 saturated carbocycles. The second-order valence-corrected chi connectivity index (χ2v) is 6.89. The average Bonchev–Trinajstić information content (AvgIpc) is 3.40. The second-order valence-electron chi connectivity index (χ2n) is 6.89. The topological polar surface area (TPSA) is 99.0 Å². The summed E-state index contributed by atoms with van der Waals surface area (Å²) in [6, 6.07) is 9.00. The van der Waals surface area contributed by atoms with E-state index < -0.39 is 0 Å². The molecule has 10 nitrogen and oxygen atoms in total. The third-order valence-corrected chi connectivity index (χ3v) is 5.14. The normalized spacial score (nSPS) is 15.4. The minimum Gasteiger partial charge on any atom is -0.355 e.